The number of nitrogens with one attached hydrogen (secondary N) is 1. The molecule has 1 saturated carbocycles. The van der Waals surface area contributed by atoms with E-state index in [1.165, 1.54) is 18.5 Å². The summed E-state index contributed by atoms with van der Waals surface area (Å²) in [6.45, 7) is 0. The second-order valence-corrected chi connectivity index (χ2v) is 3.89. The molecule has 1 aromatic rings. The molecule has 0 aromatic carbocycles. The summed E-state index contributed by atoms with van der Waals surface area (Å²) in [6, 6.07) is 0. The van der Waals surface area contributed by atoms with Gasteiger partial charge in [0.25, 0.3) is 0 Å². The van der Waals surface area contributed by atoms with Gasteiger partial charge in [0, 0.05) is 17.8 Å². The number of nitrogens with zero attached hydrogens (tertiary/aromatic N) is 1. The van der Waals surface area contributed by atoms with E-state index in [-0.39, 0.29) is 0 Å². The van der Waals surface area contributed by atoms with Crippen LogP contribution in [0.1, 0.15) is 24.5 Å². The number of H-pyrrole nitrogens is 1. The number of imidazole rings is 1. The molecule has 1 N–H and O–H groups in total. The Bertz CT molecular complexity index is 300. The molecule has 62 valence electrons. The average molecular weight is 160 g/mol. The minimum atomic E-state index is 0.725. The van der Waals surface area contributed by atoms with Gasteiger partial charge in [-0.3, -0.25) is 0 Å². The third-order valence-corrected chi connectivity index (χ3v) is 3.20. The zero-order valence-electron chi connectivity index (χ0n) is 6.90. The molecular formula is C10H12N2. The van der Waals surface area contributed by atoms with Crippen LogP contribution in [0.2, 0.25) is 0 Å². The van der Waals surface area contributed by atoms with Gasteiger partial charge in [-0.1, -0.05) is 12.2 Å². The maximum Gasteiger partial charge on any atom is 0.0921 e. The standard InChI is InChI=1S/C10H12N2/c1-2-8-3-7(1)4-9(8)10-5-11-6-12-10/h1-2,5-9H,3-4H2,(H,11,12)/t7-,8-,9?/m0/s1. The Morgan fingerprint density at radius 1 is 1.33 bits per heavy atom. The Balaban J connectivity index is 1.92. The summed E-state index contributed by atoms with van der Waals surface area (Å²) in [5, 5.41) is 0. The van der Waals surface area contributed by atoms with Crippen LogP contribution in [0.15, 0.2) is 24.7 Å². The van der Waals surface area contributed by atoms with E-state index in [0.29, 0.717) is 0 Å². The van der Waals surface area contributed by atoms with Crippen molar-refractivity contribution in [2.75, 3.05) is 0 Å². The van der Waals surface area contributed by atoms with Crippen molar-refractivity contribution in [2.45, 2.75) is 18.8 Å². The molecule has 0 aliphatic heterocycles. The quantitative estimate of drug-likeness (QED) is 0.626. The molecule has 1 fully saturated rings. The van der Waals surface area contributed by atoms with Crippen molar-refractivity contribution in [1.29, 1.82) is 0 Å². The first-order chi connectivity index (χ1) is 5.93. The topological polar surface area (TPSA) is 28.7 Å². The zero-order valence-corrected chi connectivity index (χ0v) is 6.90. The molecule has 0 saturated heterocycles. The number of aromatic nitrogens is 2. The molecular weight excluding hydrogens is 148 g/mol. The lowest BCUT2D eigenvalue weighted by Crippen LogP contribution is -2.04. The molecule has 2 aliphatic rings. The Labute approximate surface area is 71.7 Å². The minimum Gasteiger partial charge on any atom is -0.348 e. The molecule has 1 unspecified atom stereocenters. The Morgan fingerprint density at radius 3 is 2.92 bits per heavy atom. The van der Waals surface area contributed by atoms with E-state index in [9.17, 15) is 0 Å². The van der Waals surface area contributed by atoms with E-state index in [0.717, 1.165) is 17.8 Å². The van der Waals surface area contributed by atoms with Gasteiger partial charge in [-0.2, -0.15) is 0 Å². The third-order valence-electron chi connectivity index (χ3n) is 3.20. The molecule has 2 bridgehead atoms. The first kappa shape index (κ1) is 6.46. The molecule has 2 nitrogen and oxygen atoms in total. The van der Waals surface area contributed by atoms with Gasteiger partial charge in [0.2, 0.25) is 0 Å². The van der Waals surface area contributed by atoms with Crippen LogP contribution in [0.5, 0.6) is 0 Å². The lowest BCUT2D eigenvalue weighted by molar-refractivity contribution is 0.573. The molecule has 3 atom stereocenters. The smallest absolute Gasteiger partial charge is 0.0921 e. The largest absolute Gasteiger partial charge is 0.348 e. The van der Waals surface area contributed by atoms with E-state index in [2.05, 4.69) is 22.1 Å². The highest BCUT2D eigenvalue weighted by Gasteiger charge is 2.36. The first-order valence-electron chi connectivity index (χ1n) is 4.60. The summed E-state index contributed by atoms with van der Waals surface area (Å²) in [7, 11) is 0. The van der Waals surface area contributed by atoms with Crippen molar-refractivity contribution in [2.24, 2.45) is 11.8 Å². The van der Waals surface area contributed by atoms with E-state index in [4.69, 9.17) is 0 Å². The lowest BCUT2D eigenvalue weighted by atomic mass is 9.91. The van der Waals surface area contributed by atoms with Crippen LogP contribution in [-0.2, 0) is 0 Å². The van der Waals surface area contributed by atoms with Crippen LogP contribution in [0.3, 0.4) is 0 Å². The van der Waals surface area contributed by atoms with Crippen molar-refractivity contribution in [3.8, 4) is 0 Å². The maximum atomic E-state index is 4.07. The summed E-state index contributed by atoms with van der Waals surface area (Å²) in [4.78, 5) is 7.29. The normalized spacial score (nSPS) is 37.8. The minimum absolute atomic E-state index is 0.725. The van der Waals surface area contributed by atoms with Gasteiger partial charge in [0.1, 0.15) is 0 Å². The highest BCUT2D eigenvalue weighted by molar-refractivity contribution is 5.20. The molecule has 1 aromatic heterocycles. The SMILES string of the molecule is C1=C[C@H]2C[C@H]1CC2c1cnc[nH]1. The van der Waals surface area contributed by atoms with Gasteiger partial charge in [0.05, 0.1) is 6.33 Å². The fourth-order valence-corrected chi connectivity index (χ4v) is 2.61. The van der Waals surface area contributed by atoms with Crippen molar-refractivity contribution >= 4 is 0 Å². The summed E-state index contributed by atoms with van der Waals surface area (Å²) in [6.07, 6.45) is 11.2. The zero-order chi connectivity index (χ0) is 7.97. The van der Waals surface area contributed by atoms with Gasteiger partial charge in [0.15, 0.2) is 0 Å². The Hall–Kier alpha value is -1.05. The summed E-state index contributed by atoms with van der Waals surface area (Å²) >= 11 is 0. The number of hydrogen-bond acceptors (Lipinski definition) is 1. The fraction of sp³-hybridized carbons (Fsp3) is 0.500. The van der Waals surface area contributed by atoms with E-state index in [1.54, 1.807) is 6.33 Å². The van der Waals surface area contributed by atoms with Crippen LogP contribution in [0.25, 0.3) is 0 Å². The Morgan fingerprint density at radius 2 is 2.33 bits per heavy atom. The van der Waals surface area contributed by atoms with Gasteiger partial charge in [-0.25, -0.2) is 4.98 Å². The highest BCUT2D eigenvalue weighted by atomic mass is 14.9. The van der Waals surface area contributed by atoms with E-state index in [1.807, 2.05) is 6.20 Å². The molecule has 0 amide bonds. The summed E-state index contributed by atoms with van der Waals surface area (Å²) in [5.41, 5.74) is 1.33. The number of fused-ring (bicyclic) bond motifs is 2. The lowest BCUT2D eigenvalue weighted by Gasteiger charge is -2.15. The monoisotopic (exact) mass is 160 g/mol. The molecule has 0 spiro atoms. The summed E-state index contributed by atoms with van der Waals surface area (Å²) in [5.74, 6) is 2.36. The average Bonchev–Trinajstić information content (AvgIpc) is 2.81. The fourth-order valence-electron chi connectivity index (χ4n) is 2.61. The van der Waals surface area contributed by atoms with E-state index < -0.39 is 0 Å². The van der Waals surface area contributed by atoms with Crippen molar-refractivity contribution < 1.29 is 0 Å². The molecule has 2 aliphatic carbocycles. The van der Waals surface area contributed by atoms with Crippen molar-refractivity contribution in [3.63, 3.8) is 0 Å². The molecule has 0 radical (unpaired) electrons. The number of rotatable bonds is 1. The second kappa shape index (κ2) is 2.22. The number of aromatic amines is 1. The third kappa shape index (κ3) is 0.779. The Kier molecular flexibility index (Phi) is 1.20. The van der Waals surface area contributed by atoms with Gasteiger partial charge in [-0.05, 0) is 24.7 Å². The van der Waals surface area contributed by atoms with Crippen LogP contribution in [0.4, 0.5) is 0 Å². The number of allylic oxidation sites excluding steroid dienone is 2. The molecule has 1 heterocycles. The predicted octanol–water partition coefficient (Wildman–Crippen LogP) is 2.09. The molecule has 12 heavy (non-hydrogen) atoms. The van der Waals surface area contributed by atoms with Crippen molar-refractivity contribution in [1.82, 2.24) is 9.97 Å². The number of hydrogen-bond donors (Lipinski definition) is 1. The predicted molar refractivity (Wildman–Crippen MR) is 46.7 cm³/mol. The molecule has 2 heteroatoms. The van der Waals surface area contributed by atoms with Crippen LogP contribution in [-0.4, -0.2) is 9.97 Å². The molecule has 3 rings (SSSR count). The highest BCUT2D eigenvalue weighted by Crippen LogP contribution is 2.47. The van der Waals surface area contributed by atoms with Crippen LogP contribution in [0, 0.1) is 11.8 Å². The van der Waals surface area contributed by atoms with Gasteiger partial charge in [-0.15, -0.1) is 0 Å². The van der Waals surface area contributed by atoms with Crippen LogP contribution >= 0.6 is 0 Å². The van der Waals surface area contributed by atoms with Gasteiger partial charge < -0.3 is 4.98 Å². The second-order valence-electron chi connectivity index (χ2n) is 3.89. The van der Waals surface area contributed by atoms with Gasteiger partial charge >= 0.3 is 0 Å². The van der Waals surface area contributed by atoms with Crippen molar-refractivity contribution in [3.05, 3.63) is 30.4 Å². The first-order valence-corrected chi connectivity index (χ1v) is 4.60. The van der Waals surface area contributed by atoms with E-state index >= 15 is 0 Å². The maximum absolute atomic E-state index is 4.07. The summed E-state index contributed by atoms with van der Waals surface area (Å²) < 4.78 is 0. The van der Waals surface area contributed by atoms with Crippen LogP contribution < -0.4 is 0 Å².